The van der Waals surface area contributed by atoms with E-state index in [2.05, 4.69) is 0 Å². The lowest BCUT2D eigenvalue weighted by Crippen LogP contribution is -2.10. The Morgan fingerprint density at radius 3 is 2.53 bits per heavy atom. The van der Waals surface area contributed by atoms with E-state index in [-0.39, 0.29) is 22.8 Å². The van der Waals surface area contributed by atoms with Crippen LogP contribution >= 0.6 is 0 Å². The third-order valence-electron chi connectivity index (χ3n) is 1.85. The summed E-state index contributed by atoms with van der Waals surface area (Å²) in [4.78, 5) is -0.141. The molecule has 84 valence electrons. The van der Waals surface area contributed by atoms with Crippen molar-refractivity contribution in [3.05, 3.63) is 24.0 Å². The molecule has 0 spiro atoms. The van der Waals surface area contributed by atoms with Gasteiger partial charge in [0, 0.05) is 0 Å². The maximum atomic E-state index is 12.7. The molecule has 0 aromatic heterocycles. The predicted octanol–water partition coefficient (Wildman–Crippen LogP) is 1.54. The second-order valence-electron chi connectivity index (χ2n) is 3.04. The Balaban J connectivity index is 3.05. The zero-order valence-electron chi connectivity index (χ0n) is 7.91. The van der Waals surface area contributed by atoms with Crippen LogP contribution in [-0.2, 0) is 9.84 Å². The maximum Gasteiger partial charge on any atom is 0.180 e. The van der Waals surface area contributed by atoms with E-state index in [1.54, 1.807) is 0 Å². The summed E-state index contributed by atoms with van der Waals surface area (Å²) < 4.78 is 47.6. The van der Waals surface area contributed by atoms with Crippen molar-refractivity contribution in [3.63, 3.8) is 0 Å². The molecule has 0 bridgehead atoms. The summed E-state index contributed by atoms with van der Waals surface area (Å²) in [5, 5.41) is 0. The van der Waals surface area contributed by atoms with Crippen LogP contribution in [0.4, 0.5) is 14.5 Å². The summed E-state index contributed by atoms with van der Waals surface area (Å²) in [6.45, 7) is -0.708. The highest BCUT2D eigenvalue weighted by Gasteiger charge is 2.17. The van der Waals surface area contributed by atoms with E-state index in [0.717, 1.165) is 18.2 Å². The van der Waals surface area contributed by atoms with Crippen molar-refractivity contribution in [2.24, 2.45) is 0 Å². The Labute approximate surface area is 86.8 Å². The van der Waals surface area contributed by atoms with Gasteiger partial charge in [0.2, 0.25) is 0 Å². The van der Waals surface area contributed by atoms with Crippen LogP contribution in [0.15, 0.2) is 23.1 Å². The Morgan fingerprint density at radius 2 is 2.00 bits per heavy atom. The predicted molar refractivity (Wildman–Crippen MR) is 53.5 cm³/mol. The highest BCUT2D eigenvalue weighted by atomic mass is 32.2. The molecule has 0 aliphatic carbocycles. The second kappa shape index (κ2) is 4.57. The Hall–Kier alpha value is -1.17. The fourth-order valence-electron chi connectivity index (χ4n) is 1.16. The quantitative estimate of drug-likeness (QED) is 0.636. The molecular weight excluding hydrogens is 224 g/mol. The van der Waals surface area contributed by atoms with Crippen molar-refractivity contribution in [3.8, 4) is 0 Å². The van der Waals surface area contributed by atoms with Crippen LogP contribution in [0.25, 0.3) is 0 Å². The SMILES string of the molecule is Nc1cc(F)ccc1S(=O)(=O)CCCF. The molecule has 15 heavy (non-hydrogen) atoms. The van der Waals surface area contributed by atoms with Gasteiger partial charge in [-0.15, -0.1) is 0 Å². The Morgan fingerprint density at radius 1 is 1.33 bits per heavy atom. The fourth-order valence-corrected chi connectivity index (χ4v) is 2.56. The number of hydrogen-bond acceptors (Lipinski definition) is 3. The fraction of sp³-hybridized carbons (Fsp3) is 0.333. The Bertz CT molecular complexity index is 445. The molecule has 0 unspecified atom stereocenters. The first-order chi connectivity index (χ1) is 6.97. The minimum Gasteiger partial charge on any atom is -0.398 e. The number of nitrogen functional groups attached to an aromatic ring is 1. The van der Waals surface area contributed by atoms with Crippen LogP contribution in [0.3, 0.4) is 0 Å². The van der Waals surface area contributed by atoms with Gasteiger partial charge in [0.25, 0.3) is 0 Å². The lowest BCUT2D eigenvalue weighted by Gasteiger charge is -2.06. The van der Waals surface area contributed by atoms with E-state index in [1.165, 1.54) is 0 Å². The number of rotatable bonds is 4. The normalized spacial score (nSPS) is 11.6. The van der Waals surface area contributed by atoms with Gasteiger partial charge in [0.1, 0.15) is 5.82 Å². The third-order valence-corrected chi connectivity index (χ3v) is 3.72. The number of nitrogens with two attached hydrogens (primary N) is 1. The Kier molecular flexibility index (Phi) is 3.62. The maximum absolute atomic E-state index is 12.7. The number of hydrogen-bond donors (Lipinski definition) is 1. The number of benzene rings is 1. The highest BCUT2D eigenvalue weighted by Crippen LogP contribution is 2.20. The molecule has 1 aromatic carbocycles. The molecule has 0 fully saturated rings. The number of alkyl halides is 1. The molecule has 1 rings (SSSR count). The monoisotopic (exact) mass is 235 g/mol. The number of anilines is 1. The smallest absolute Gasteiger partial charge is 0.180 e. The topological polar surface area (TPSA) is 60.2 Å². The highest BCUT2D eigenvalue weighted by molar-refractivity contribution is 7.91. The number of sulfone groups is 1. The zero-order valence-corrected chi connectivity index (χ0v) is 8.73. The summed E-state index contributed by atoms with van der Waals surface area (Å²) in [7, 11) is -3.60. The molecule has 3 nitrogen and oxygen atoms in total. The summed E-state index contributed by atoms with van der Waals surface area (Å²) in [5.41, 5.74) is 5.22. The van der Waals surface area contributed by atoms with Crippen LogP contribution in [0.2, 0.25) is 0 Å². The van der Waals surface area contributed by atoms with E-state index >= 15 is 0 Å². The van der Waals surface area contributed by atoms with Crippen LogP contribution in [0.5, 0.6) is 0 Å². The first-order valence-corrected chi connectivity index (χ1v) is 5.96. The second-order valence-corrected chi connectivity index (χ2v) is 5.12. The molecule has 6 heteroatoms. The summed E-state index contributed by atoms with van der Waals surface area (Å²) in [6.07, 6.45) is -0.0842. The van der Waals surface area contributed by atoms with Crippen molar-refractivity contribution in [2.45, 2.75) is 11.3 Å². The molecule has 0 amide bonds. The molecule has 0 saturated heterocycles. The van der Waals surface area contributed by atoms with Crippen molar-refractivity contribution < 1.29 is 17.2 Å². The van der Waals surface area contributed by atoms with E-state index in [1.807, 2.05) is 0 Å². The molecular formula is C9H11F2NO2S. The first-order valence-electron chi connectivity index (χ1n) is 4.31. The average Bonchev–Trinajstić information content (AvgIpc) is 2.14. The van der Waals surface area contributed by atoms with Crippen molar-refractivity contribution in [1.29, 1.82) is 0 Å². The van der Waals surface area contributed by atoms with Gasteiger partial charge >= 0.3 is 0 Å². The van der Waals surface area contributed by atoms with E-state index in [9.17, 15) is 17.2 Å². The van der Waals surface area contributed by atoms with E-state index < -0.39 is 22.3 Å². The van der Waals surface area contributed by atoms with Gasteiger partial charge in [-0.25, -0.2) is 12.8 Å². The minimum atomic E-state index is -3.60. The minimum absolute atomic E-state index is 0.0842. The third kappa shape index (κ3) is 2.89. The van der Waals surface area contributed by atoms with Crippen molar-refractivity contribution in [2.75, 3.05) is 18.2 Å². The standard InChI is InChI=1S/C9H11F2NO2S/c10-4-1-5-15(13,14)9-3-2-7(11)6-8(9)12/h2-3,6H,1,4-5,12H2. The van der Waals surface area contributed by atoms with Crippen LogP contribution < -0.4 is 5.73 Å². The van der Waals surface area contributed by atoms with Crippen LogP contribution in [0.1, 0.15) is 6.42 Å². The molecule has 2 N–H and O–H groups in total. The van der Waals surface area contributed by atoms with E-state index in [4.69, 9.17) is 5.73 Å². The summed E-state index contributed by atoms with van der Waals surface area (Å²) in [5.74, 6) is -0.920. The van der Waals surface area contributed by atoms with Gasteiger partial charge in [0.15, 0.2) is 9.84 Å². The summed E-state index contributed by atoms with van der Waals surface area (Å²) >= 11 is 0. The first kappa shape index (κ1) is 11.9. The lowest BCUT2D eigenvalue weighted by atomic mass is 10.3. The zero-order chi connectivity index (χ0) is 11.5. The van der Waals surface area contributed by atoms with Crippen LogP contribution in [0, 0.1) is 5.82 Å². The van der Waals surface area contributed by atoms with Gasteiger partial charge in [-0.1, -0.05) is 0 Å². The van der Waals surface area contributed by atoms with Crippen LogP contribution in [-0.4, -0.2) is 20.8 Å². The molecule has 0 atom stereocenters. The molecule has 0 aliphatic heterocycles. The molecule has 0 heterocycles. The summed E-state index contributed by atoms with van der Waals surface area (Å²) in [6, 6.07) is 3.04. The average molecular weight is 235 g/mol. The largest absolute Gasteiger partial charge is 0.398 e. The van der Waals surface area contributed by atoms with Gasteiger partial charge in [-0.2, -0.15) is 0 Å². The molecule has 0 saturated carbocycles. The van der Waals surface area contributed by atoms with Gasteiger partial charge < -0.3 is 5.73 Å². The molecule has 1 aromatic rings. The lowest BCUT2D eigenvalue weighted by molar-refractivity contribution is 0.484. The molecule has 0 aliphatic rings. The molecule has 0 radical (unpaired) electrons. The van der Waals surface area contributed by atoms with Crippen molar-refractivity contribution >= 4 is 15.5 Å². The van der Waals surface area contributed by atoms with Gasteiger partial charge in [-0.3, -0.25) is 4.39 Å². The van der Waals surface area contributed by atoms with Crippen molar-refractivity contribution in [1.82, 2.24) is 0 Å². The van der Waals surface area contributed by atoms with Gasteiger partial charge in [-0.05, 0) is 24.6 Å². The number of halogens is 2. The van der Waals surface area contributed by atoms with Gasteiger partial charge in [0.05, 0.1) is 23.0 Å². The van der Waals surface area contributed by atoms with E-state index in [0.29, 0.717) is 0 Å².